The zero-order valence-corrected chi connectivity index (χ0v) is 17.4. The van der Waals surface area contributed by atoms with Crippen molar-refractivity contribution in [2.45, 2.75) is 17.2 Å². The molecule has 2 N–H and O–H groups in total. The highest BCUT2D eigenvalue weighted by molar-refractivity contribution is 8.01. The normalized spacial score (nSPS) is 11.9. The van der Waals surface area contributed by atoms with Crippen LogP contribution in [-0.4, -0.2) is 34.6 Å². The fourth-order valence-corrected chi connectivity index (χ4v) is 4.27. The zero-order chi connectivity index (χ0) is 20.8. The van der Waals surface area contributed by atoms with Gasteiger partial charge in [-0.1, -0.05) is 53.4 Å². The number of aryl methyl sites for hydroxylation is 1. The smallest absolute Gasteiger partial charge is 0.234 e. The van der Waals surface area contributed by atoms with E-state index < -0.39 is 0 Å². The Morgan fingerprint density at radius 3 is 2.70 bits per heavy atom. The van der Waals surface area contributed by atoms with Crippen molar-refractivity contribution in [1.82, 2.24) is 10.2 Å². The summed E-state index contributed by atoms with van der Waals surface area (Å²) in [6.45, 7) is 0.185. The first-order chi connectivity index (χ1) is 14.7. The number of anilines is 2. The second-order valence-corrected chi connectivity index (χ2v) is 8.51. The van der Waals surface area contributed by atoms with Crippen molar-refractivity contribution < 1.29 is 19.1 Å². The van der Waals surface area contributed by atoms with Gasteiger partial charge in [-0.2, -0.15) is 0 Å². The Kier molecular flexibility index (Phi) is 6.45. The number of carbonyl (C=O) groups is 2. The molecule has 0 saturated carbocycles. The molecule has 0 fully saturated rings. The number of rotatable bonds is 8. The van der Waals surface area contributed by atoms with Crippen LogP contribution in [0.3, 0.4) is 0 Å². The predicted octanol–water partition coefficient (Wildman–Crippen LogP) is 3.57. The van der Waals surface area contributed by atoms with E-state index in [9.17, 15) is 9.59 Å². The number of benzene rings is 2. The molecule has 0 atom stereocenters. The summed E-state index contributed by atoms with van der Waals surface area (Å²) >= 11 is 2.50. The first-order valence-corrected chi connectivity index (χ1v) is 11.0. The number of thioether (sulfide) groups is 1. The third kappa shape index (κ3) is 5.49. The predicted molar refractivity (Wildman–Crippen MR) is 115 cm³/mol. The molecule has 0 saturated heterocycles. The van der Waals surface area contributed by atoms with Crippen molar-refractivity contribution in [3.05, 3.63) is 54.1 Å². The van der Waals surface area contributed by atoms with Crippen LogP contribution >= 0.6 is 23.1 Å². The standard InChI is InChI=1S/C20H18N4O4S2/c25-17(9-6-13-4-2-1-3-5-13)22-19-23-24-20(30-19)29-11-18(26)21-14-7-8-15-16(10-14)28-12-27-15/h1-5,7-8,10H,6,9,11-12H2,(H,21,26)(H,22,23,25). The van der Waals surface area contributed by atoms with Crippen LogP contribution in [0.1, 0.15) is 12.0 Å². The fraction of sp³-hybridized carbons (Fsp3) is 0.200. The highest BCUT2D eigenvalue weighted by atomic mass is 32.2. The molecule has 30 heavy (non-hydrogen) atoms. The van der Waals surface area contributed by atoms with E-state index in [1.165, 1.54) is 23.1 Å². The van der Waals surface area contributed by atoms with Gasteiger partial charge in [0.15, 0.2) is 15.8 Å². The lowest BCUT2D eigenvalue weighted by molar-refractivity contribution is -0.116. The van der Waals surface area contributed by atoms with Crippen molar-refractivity contribution in [2.24, 2.45) is 0 Å². The maximum atomic E-state index is 12.2. The second kappa shape index (κ2) is 9.59. The largest absolute Gasteiger partial charge is 0.454 e. The molecule has 2 amide bonds. The van der Waals surface area contributed by atoms with Gasteiger partial charge in [-0.05, 0) is 24.1 Å². The Balaban J connectivity index is 1.21. The van der Waals surface area contributed by atoms with Crippen LogP contribution in [0, 0.1) is 0 Å². The zero-order valence-electron chi connectivity index (χ0n) is 15.8. The summed E-state index contributed by atoms with van der Waals surface area (Å²) in [7, 11) is 0. The van der Waals surface area contributed by atoms with Gasteiger partial charge in [-0.25, -0.2) is 0 Å². The Morgan fingerprint density at radius 1 is 1.00 bits per heavy atom. The monoisotopic (exact) mass is 442 g/mol. The molecule has 0 spiro atoms. The van der Waals surface area contributed by atoms with Crippen molar-refractivity contribution >= 4 is 45.7 Å². The molecule has 0 aliphatic carbocycles. The number of hydrogen-bond acceptors (Lipinski definition) is 8. The summed E-state index contributed by atoms with van der Waals surface area (Å²) in [6, 6.07) is 15.0. The van der Waals surface area contributed by atoms with E-state index in [4.69, 9.17) is 9.47 Å². The highest BCUT2D eigenvalue weighted by Gasteiger charge is 2.15. The first kappa shape index (κ1) is 20.2. The lowest BCUT2D eigenvalue weighted by atomic mass is 10.1. The number of fused-ring (bicyclic) bond motifs is 1. The maximum Gasteiger partial charge on any atom is 0.234 e. The highest BCUT2D eigenvalue weighted by Crippen LogP contribution is 2.34. The Labute approximate surface area is 181 Å². The maximum absolute atomic E-state index is 12.2. The van der Waals surface area contributed by atoms with Crippen molar-refractivity contribution in [1.29, 1.82) is 0 Å². The van der Waals surface area contributed by atoms with Gasteiger partial charge in [0.25, 0.3) is 0 Å². The van der Waals surface area contributed by atoms with Gasteiger partial charge in [-0.15, -0.1) is 10.2 Å². The van der Waals surface area contributed by atoms with Crippen molar-refractivity contribution in [3.63, 3.8) is 0 Å². The van der Waals surface area contributed by atoms with Crippen LogP contribution in [0.15, 0.2) is 52.9 Å². The van der Waals surface area contributed by atoms with Crippen LogP contribution in [0.2, 0.25) is 0 Å². The molecule has 4 rings (SSSR count). The molecule has 10 heteroatoms. The van der Waals surface area contributed by atoms with Crippen LogP contribution in [0.25, 0.3) is 0 Å². The molecule has 1 aliphatic rings. The minimum atomic E-state index is -0.178. The number of hydrogen-bond donors (Lipinski definition) is 2. The summed E-state index contributed by atoms with van der Waals surface area (Å²) in [5, 5.41) is 14.0. The summed E-state index contributed by atoms with van der Waals surface area (Å²) in [5.41, 5.74) is 1.74. The van der Waals surface area contributed by atoms with Crippen LogP contribution in [0.4, 0.5) is 10.8 Å². The Hall–Kier alpha value is -3.11. The quantitative estimate of drug-likeness (QED) is 0.406. The minimum absolute atomic E-state index is 0.118. The number of nitrogens with zero attached hydrogens (tertiary/aromatic N) is 2. The van der Waals surface area contributed by atoms with Gasteiger partial charge in [0, 0.05) is 18.2 Å². The summed E-state index contributed by atoms with van der Waals surface area (Å²) in [6.07, 6.45) is 1.02. The SMILES string of the molecule is O=C(CSc1nnc(NC(=O)CCc2ccccc2)s1)Nc1ccc2c(c1)OCO2. The van der Waals surface area contributed by atoms with E-state index in [0.717, 1.165) is 5.56 Å². The summed E-state index contributed by atoms with van der Waals surface area (Å²) < 4.78 is 11.2. The van der Waals surface area contributed by atoms with Gasteiger partial charge < -0.3 is 20.1 Å². The number of aromatic nitrogens is 2. The molecule has 2 aromatic carbocycles. The van der Waals surface area contributed by atoms with Crippen molar-refractivity contribution in [3.8, 4) is 11.5 Å². The van der Waals surface area contributed by atoms with Gasteiger partial charge in [0.1, 0.15) is 0 Å². The number of ether oxygens (including phenoxy) is 2. The van der Waals surface area contributed by atoms with Crippen LogP contribution in [0.5, 0.6) is 11.5 Å². The van der Waals surface area contributed by atoms with Gasteiger partial charge in [0.05, 0.1) is 5.75 Å². The molecule has 1 aromatic heterocycles. The number of carbonyl (C=O) groups excluding carboxylic acids is 2. The first-order valence-electron chi connectivity index (χ1n) is 9.15. The van der Waals surface area contributed by atoms with Crippen LogP contribution < -0.4 is 20.1 Å². The Morgan fingerprint density at radius 2 is 1.83 bits per heavy atom. The van der Waals surface area contributed by atoms with E-state index in [2.05, 4.69) is 20.8 Å². The van der Waals surface area contributed by atoms with E-state index in [0.29, 0.717) is 39.5 Å². The van der Waals surface area contributed by atoms with Crippen LogP contribution in [-0.2, 0) is 16.0 Å². The van der Waals surface area contributed by atoms with Gasteiger partial charge >= 0.3 is 0 Å². The Bertz CT molecular complexity index is 1040. The lowest BCUT2D eigenvalue weighted by Crippen LogP contribution is -2.13. The molecule has 8 nitrogen and oxygen atoms in total. The summed E-state index contributed by atoms with van der Waals surface area (Å²) in [4.78, 5) is 24.3. The van der Waals surface area contributed by atoms with E-state index in [1.54, 1.807) is 18.2 Å². The number of amides is 2. The molecule has 0 radical (unpaired) electrons. The van der Waals surface area contributed by atoms with Gasteiger partial charge in [-0.3, -0.25) is 9.59 Å². The number of nitrogens with one attached hydrogen (secondary N) is 2. The fourth-order valence-electron chi connectivity index (χ4n) is 2.70. The topological polar surface area (TPSA) is 102 Å². The van der Waals surface area contributed by atoms with Gasteiger partial charge in [0.2, 0.25) is 23.7 Å². The molecule has 1 aliphatic heterocycles. The molecule has 0 unspecified atom stereocenters. The summed E-state index contributed by atoms with van der Waals surface area (Å²) in [5.74, 6) is 1.15. The van der Waals surface area contributed by atoms with E-state index in [1.807, 2.05) is 30.3 Å². The van der Waals surface area contributed by atoms with E-state index >= 15 is 0 Å². The molecular formula is C20H18N4O4S2. The molecule has 3 aromatic rings. The minimum Gasteiger partial charge on any atom is -0.454 e. The molecular weight excluding hydrogens is 424 g/mol. The average Bonchev–Trinajstić information content (AvgIpc) is 3.40. The third-order valence-corrected chi connectivity index (χ3v) is 6.09. The second-order valence-electron chi connectivity index (χ2n) is 6.31. The van der Waals surface area contributed by atoms with E-state index in [-0.39, 0.29) is 24.4 Å². The van der Waals surface area contributed by atoms with Crippen molar-refractivity contribution in [2.75, 3.05) is 23.2 Å². The molecule has 2 heterocycles. The average molecular weight is 443 g/mol. The molecule has 0 bridgehead atoms. The third-order valence-electron chi connectivity index (χ3n) is 4.12. The molecule has 154 valence electrons. The lowest BCUT2D eigenvalue weighted by Gasteiger charge is -2.05.